The fraction of sp³-hybridized carbons (Fsp3) is 0.222. The Morgan fingerprint density at radius 2 is 1.69 bits per heavy atom. The number of hydroxylamine groups is 1. The van der Waals surface area contributed by atoms with Crippen molar-refractivity contribution in [1.29, 1.82) is 0 Å². The summed E-state index contributed by atoms with van der Waals surface area (Å²) >= 11 is 0. The molecule has 0 aromatic heterocycles. The molecule has 1 aliphatic carbocycles. The monoisotopic (exact) mass is 429 g/mol. The number of hydrogen-bond donors (Lipinski definition) is 2. The topological polar surface area (TPSA) is 67.8 Å². The van der Waals surface area contributed by atoms with E-state index in [0.717, 1.165) is 30.4 Å². The molecule has 0 amide bonds. The van der Waals surface area contributed by atoms with Gasteiger partial charge in [-0.2, -0.15) is 0 Å². The number of ether oxygens (including phenoxy) is 1. The number of aryl methyl sites for hydroxylation is 1. The van der Waals surface area contributed by atoms with E-state index >= 15 is 0 Å². The van der Waals surface area contributed by atoms with E-state index in [-0.39, 0.29) is 12.7 Å². The Balaban J connectivity index is 1.34. The van der Waals surface area contributed by atoms with Crippen LogP contribution in [0.3, 0.4) is 0 Å². The van der Waals surface area contributed by atoms with Crippen molar-refractivity contribution in [2.24, 2.45) is 5.92 Å². The molecule has 0 aliphatic heterocycles. The Labute approximate surface area is 188 Å². The molecule has 0 saturated carbocycles. The number of benzene rings is 3. The zero-order valence-electron chi connectivity index (χ0n) is 17.8. The van der Waals surface area contributed by atoms with E-state index in [1.807, 2.05) is 60.8 Å². The van der Waals surface area contributed by atoms with E-state index in [1.165, 1.54) is 11.1 Å². The van der Waals surface area contributed by atoms with Gasteiger partial charge < -0.3 is 9.84 Å². The summed E-state index contributed by atoms with van der Waals surface area (Å²) in [4.78, 5) is 16.7. The molecular weight excluding hydrogens is 402 g/mol. The molecule has 1 unspecified atom stereocenters. The van der Waals surface area contributed by atoms with E-state index in [9.17, 15) is 4.79 Å². The lowest BCUT2D eigenvalue weighted by Crippen LogP contribution is -2.17. The third-order valence-corrected chi connectivity index (χ3v) is 5.63. The first-order valence-corrected chi connectivity index (χ1v) is 10.8. The van der Waals surface area contributed by atoms with Gasteiger partial charge in [0.05, 0.1) is 0 Å². The van der Waals surface area contributed by atoms with Crippen LogP contribution in [0.15, 0.2) is 91.1 Å². The highest BCUT2D eigenvalue weighted by Gasteiger charge is 2.18. The summed E-state index contributed by atoms with van der Waals surface area (Å²) in [5.74, 6) is 0.0590. The maximum atomic E-state index is 10.7. The molecule has 3 aromatic rings. The summed E-state index contributed by atoms with van der Waals surface area (Å²) in [6.07, 6.45) is 6.75. The Hall–Kier alpha value is -3.57. The van der Waals surface area contributed by atoms with E-state index < -0.39 is 5.97 Å². The molecule has 0 bridgehead atoms. The summed E-state index contributed by atoms with van der Waals surface area (Å²) in [5, 5.41) is 8.77. The number of nitrogens with one attached hydrogen (secondary N) is 1. The van der Waals surface area contributed by atoms with E-state index in [4.69, 9.17) is 14.7 Å². The molecule has 3 aromatic carbocycles. The first kappa shape index (κ1) is 21.7. The molecule has 0 saturated heterocycles. The van der Waals surface area contributed by atoms with Crippen LogP contribution < -0.4 is 10.2 Å². The first-order valence-electron chi connectivity index (χ1n) is 10.8. The molecule has 2 N–H and O–H groups in total. The average Bonchev–Trinajstić information content (AvgIpc) is 2.83. The largest absolute Gasteiger partial charge is 0.482 e. The van der Waals surface area contributed by atoms with E-state index in [2.05, 4.69) is 35.8 Å². The van der Waals surface area contributed by atoms with Gasteiger partial charge in [-0.3, -0.25) is 10.3 Å². The predicted octanol–water partition coefficient (Wildman–Crippen LogP) is 5.08. The maximum Gasteiger partial charge on any atom is 0.341 e. The van der Waals surface area contributed by atoms with Crippen LogP contribution >= 0.6 is 0 Å². The fourth-order valence-corrected chi connectivity index (χ4v) is 4.03. The highest BCUT2D eigenvalue weighted by Crippen LogP contribution is 2.29. The summed E-state index contributed by atoms with van der Waals surface area (Å²) in [6.45, 7) is -0.317. The molecule has 32 heavy (non-hydrogen) atoms. The van der Waals surface area contributed by atoms with Crippen molar-refractivity contribution in [3.8, 4) is 5.75 Å². The number of fused-ring (bicyclic) bond motifs is 1. The predicted molar refractivity (Wildman–Crippen MR) is 123 cm³/mol. The van der Waals surface area contributed by atoms with Gasteiger partial charge in [-0.25, -0.2) is 4.79 Å². The molecule has 0 fully saturated rings. The van der Waals surface area contributed by atoms with Crippen LogP contribution in [-0.2, 0) is 22.5 Å². The second-order valence-corrected chi connectivity index (χ2v) is 7.91. The second-order valence-electron chi connectivity index (χ2n) is 7.91. The van der Waals surface area contributed by atoms with Gasteiger partial charge in [0, 0.05) is 6.20 Å². The third kappa shape index (κ3) is 5.77. The van der Waals surface area contributed by atoms with Crippen LogP contribution in [0, 0.1) is 5.92 Å². The molecular formula is C27H27NO4. The maximum absolute atomic E-state index is 10.7. The lowest BCUT2D eigenvalue weighted by Gasteiger charge is -2.23. The minimum atomic E-state index is -0.968. The van der Waals surface area contributed by atoms with Crippen LogP contribution in [-0.4, -0.2) is 17.7 Å². The first-order chi connectivity index (χ1) is 15.7. The Kier molecular flexibility index (Phi) is 7.20. The highest BCUT2D eigenvalue weighted by atomic mass is 16.7. The molecule has 4 rings (SSSR count). The molecule has 164 valence electrons. The van der Waals surface area contributed by atoms with Crippen molar-refractivity contribution in [3.63, 3.8) is 0 Å². The molecule has 1 atom stereocenters. The van der Waals surface area contributed by atoms with Crippen LogP contribution in [0.1, 0.15) is 34.8 Å². The summed E-state index contributed by atoms with van der Waals surface area (Å²) in [5.41, 5.74) is 7.72. The SMILES string of the molecule is O=C(O)COc1ccc2c(c1)CCC(C=CNOC(c1ccccc1)c1ccccc1)C2. The Bertz CT molecular complexity index is 1010. The fourth-order valence-electron chi connectivity index (χ4n) is 4.03. The Morgan fingerprint density at radius 3 is 2.34 bits per heavy atom. The Morgan fingerprint density at radius 1 is 1.00 bits per heavy atom. The molecule has 5 nitrogen and oxygen atoms in total. The number of rotatable bonds is 9. The van der Waals surface area contributed by atoms with Crippen LogP contribution in [0.25, 0.3) is 0 Å². The third-order valence-electron chi connectivity index (χ3n) is 5.63. The summed E-state index contributed by atoms with van der Waals surface area (Å²) in [7, 11) is 0. The smallest absolute Gasteiger partial charge is 0.341 e. The minimum Gasteiger partial charge on any atom is -0.482 e. The van der Waals surface area contributed by atoms with Crippen molar-refractivity contribution in [2.75, 3.05) is 6.61 Å². The zero-order valence-corrected chi connectivity index (χ0v) is 17.8. The van der Waals surface area contributed by atoms with Crippen molar-refractivity contribution >= 4 is 5.97 Å². The van der Waals surface area contributed by atoms with Gasteiger partial charge in [-0.15, -0.1) is 0 Å². The van der Waals surface area contributed by atoms with Crippen molar-refractivity contribution in [3.05, 3.63) is 113 Å². The molecule has 0 heterocycles. The molecule has 1 aliphatic rings. The minimum absolute atomic E-state index is 0.196. The van der Waals surface area contributed by atoms with Crippen LogP contribution in [0.5, 0.6) is 5.75 Å². The van der Waals surface area contributed by atoms with Gasteiger partial charge >= 0.3 is 5.97 Å². The highest BCUT2D eigenvalue weighted by molar-refractivity contribution is 5.68. The van der Waals surface area contributed by atoms with Gasteiger partial charge in [-0.05, 0) is 59.6 Å². The van der Waals surface area contributed by atoms with Gasteiger partial charge in [0.2, 0.25) is 0 Å². The van der Waals surface area contributed by atoms with Crippen molar-refractivity contribution in [2.45, 2.75) is 25.4 Å². The zero-order chi connectivity index (χ0) is 22.2. The lowest BCUT2D eigenvalue weighted by molar-refractivity contribution is -0.139. The average molecular weight is 430 g/mol. The van der Waals surface area contributed by atoms with Crippen LogP contribution in [0.2, 0.25) is 0 Å². The van der Waals surface area contributed by atoms with Gasteiger partial charge in [0.1, 0.15) is 11.9 Å². The summed E-state index contributed by atoms with van der Waals surface area (Å²) < 4.78 is 5.30. The number of carboxylic acid groups (broad SMARTS) is 1. The molecule has 5 heteroatoms. The number of aliphatic carboxylic acids is 1. The summed E-state index contributed by atoms with van der Waals surface area (Å²) in [6, 6.07) is 26.2. The second kappa shape index (κ2) is 10.6. The number of hydrogen-bond acceptors (Lipinski definition) is 4. The quantitative estimate of drug-likeness (QED) is 0.464. The number of allylic oxidation sites excluding steroid dienone is 1. The number of carboxylic acids is 1. The van der Waals surface area contributed by atoms with Gasteiger partial charge in [-0.1, -0.05) is 72.8 Å². The number of carbonyl (C=O) groups is 1. The van der Waals surface area contributed by atoms with E-state index in [1.54, 1.807) is 0 Å². The van der Waals surface area contributed by atoms with Crippen molar-refractivity contribution < 1.29 is 19.5 Å². The molecule has 0 radical (unpaired) electrons. The lowest BCUT2D eigenvalue weighted by atomic mass is 9.84. The van der Waals surface area contributed by atoms with E-state index in [0.29, 0.717) is 11.7 Å². The standard InChI is InChI=1S/C27H27NO4/c29-26(30)19-31-25-14-13-23-17-20(11-12-24(23)18-25)15-16-28-32-27(21-7-3-1-4-8-21)22-9-5-2-6-10-22/h1-10,13-16,18,20,27-28H,11-12,17,19H2,(H,29,30). The van der Waals surface area contributed by atoms with Crippen LogP contribution in [0.4, 0.5) is 0 Å². The van der Waals surface area contributed by atoms with Gasteiger partial charge in [0.15, 0.2) is 6.61 Å². The van der Waals surface area contributed by atoms with Gasteiger partial charge in [0.25, 0.3) is 0 Å². The normalized spacial score (nSPS) is 15.5. The van der Waals surface area contributed by atoms with Crippen molar-refractivity contribution in [1.82, 2.24) is 5.48 Å². The molecule has 0 spiro atoms.